The molecule has 0 aliphatic carbocycles. The molecule has 0 amide bonds. The van der Waals surface area contributed by atoms with Crippen LogP contribution in [0.5, 0.6) is 0 Å². The molecular weight excluding hydrogens is 194 g/mol. The summed E-state index contributed by atoms with van der Waals surface area (Å²) in [4.78, 5) is 4.41. The molecule has 0 aliphatic rings. The van der Waals surface area contributed by atoms with Crippen molar-refractivity contribution in [2.24, 2.45) is 5.73 Å². The van der Waals surface area contributed by atoms with Crippen LogP contribution in [0.2, 0.25) is 0 Å². The molecule has 0 aliphatic heterocycles. The standard InChI is InChI=1S/C10H9N3S/c11-4-3-10-13-8-2-1-7(6-12)5-9(8)14-10/h1-2,5H,3-4,11H2. The van der Waals surface area contributed by atoms with Crippen LogP contribution in [-0.4, -0.2) is 11.5 Å². The van der Waals surface area contributed by atoms with Crippen molar-refractivity contribution in [2.75, 3.05) is 6.54 Å². The molecule has 0 spiro atoms. The third kappa shape index (κ3) is 1.60. The monoisotopic (exact) mass is 203 g/mol. The van der Waals surface area contributed by atoms with E-state index in [1.54, 1.807) is 17.4 Å². The van der Waals surface area contributed by atoms with E-state index >= 15 is 0 Å². The number of nitrogens with two attached hydrogens (primary N) is 1. The van der Waals surface area contributed by atoms with Crippen LogP contribution < -0.4 is 5.73 Å². The van der Waals surface area contributed by atoms with E-state index in [0.717, 1.165) is 21.6 Å². The van der Waals surface area contributed by atoms with E-state index in [4.69, 9.17) is 11.0 Å². The summed E-state index contributed by atoms with van der Waals surface area (Å²) in [6.07, 6.45) is 0.807. The first kappa shape index (κ1) is 9.13. The molecule has 0 bridgehead atoms. The molecule has 2 rings (SSSR count). The number of nitrogens with zero attached hydrogens (tertiary/aromatic N) is 2. The molecular formula is C10H9N3S. The number of hydrogen-bond donors (Lipinski definition) is 1. The van der Waals surface area contributed by atoms with Gasteiger partial charge < -0.3 is 5.73 Å². The second kappa shape index (κ2) is 3.74. The van der Waals surface area contributed by atoms with Crippen molar-refractivity contribution in [3.8, 4) is 6.07 Å². The number of fused-ring (bicyclic) bond motifs is 1. The van der Waals surface area contributed by atoms with Gasteiger partial charge >= 0.3 is 0 Å². The van der Waals surface area contributed by atoms with E-state index in [1.165, 1.54) is 0 Å². The normalized spacial score (nSPS) is 10.3. The van der Waals surface area contributed by atoms with Gasteiger partial charge in [-0.2, -0.15) is 5.26 Å². The molecule has 0 saturated carbocycles. The van der Waals surface area contributed by atoms with Crippen molar-refractivity contribution in [3.63, 3.8) is 0 Å². The van der Waals surface area contributed by atoms with Gasteiger partial charge in [-0.1, -0.05) is 0 Å². The number of hydrogen-bond acceptors (Lipinski definition) is 4. The summed E-state index contributed by atoms with van der Waals surface area (Å²) in [7, 11) is 0. The molecule has 2 aromatic rings. The van der Waals surface area contributed by atoms with Crippen LogP contribution in [0.25, 0.3) is 10.2 Å². The van der Waals surface area contributed by atoms with Gasteiger partial charge in [-0.25, -0.2) is 4.98 Å². The van der Waals surface area contributed by atoms with Crippen LogP contribution in [0.1, 0.15) is 10.6 Å². The summed E-state index contributed by atoms with van der Waals surface area (Å²) < 4.78 is 1.06. The summed E-state index contributed by atoms with van der Waals surface area (Å²) >= 11 is 1.61. The molecule has 0 radical (unpaired) electrons. The molecule has 14 heavy (non-hydrogen) atoms. The fraction of sp³-hybridized carbons (Fsp3) is 0.200. The first-order valence-electron chi connectivity index (χ1n) is 4.33. The highest BCUT2D eigenvalue weighted by Gasteiger charge is 2.03. The third-order valence-corrected chi connectivity index (χ3v) is 3.00. The summed E-state index contributed by atoms with van der Waals surface area (Å²) in [6, 6.07) is 7.65. The zero-order valence-electron chi connectivity index (χ0n) is 7.53. The van der Waals surface area contributed by atoms with Crippen molar-refractivity contribution in [1.82, 2.24) is 4.98 Å². The van der Waals surface area contributed by atoms with Crippen molar-refractivity contribution in [1.29, 1.82) is 5.26 Å². The molecule has 0 fully saturated rings. The van der Waals surface area contributed by atoms with Crippen molar-refractivity contribution >= 4 is 21.6 Å². The molecule has 70 valence electrons. The van der Waals surface area contributed by atoms with E-state index in [0.29, 0.717) is 12.1 Å². The van der Waals surface area contributed by atoms with Crippen LogP contribution in [0, 0.1) is 11.3 Å². The van der Waals surface area contributed by atoms with Crippen LogP contribution in [0.4, 0.5) is 0 Å². The van der Waals surface area contributed by atoms with Crippen molar-refractivity contribution in [2.45, 2.75) is 6.42 Å². The van der Waals surface area contributed by atoms with Gasteiger partial charge in [0.15, 0.2) is 0 Å². The second-order valence-electron chi connectivity index (χ2n) is 2.94. The van der Waals surface area contributed by atoms with E-state index in [9.17, 15) is 0 Å². The minimum absolute atomic E-state index is 0.616. The Bertz CT molecular complexity index is 496. The predicted molar refractivity (Wildman–Crippen MR) is 57.1 cm³/mol. The molecule has 2 N–H and O–H groups in total. The Morgan fingerprint density at radius 2 is 2.36 bits per heavy atom. The van der Waals surface area contributed by atoms with Crippen molar-refractivity contribution < 1.29 is 0 Å². The SMILES string of the molecule is N#Cc1ccc2nc(CCN)sc2c1. The molecule has 3 nitrogen and oxygen atoms in total. The highest BCUT2D eigenvalue weighted by Crippen LogP contribution is 2.23. The Morgan fingerprint density at radius 3 is 3.07 bits per heavy atom. The van der Waals surface area contributed by atoms with Crippen LogP contribution in [0.3, 0.4) is 0 Å². The van der Waals surface area contributed by atoms with E-state index < -0.39 is 0 Å². The Kier molecular flexibility index (Phi) is 2.44. The van der Waals surface area contributed by atoms with Crippen LogP contribution in [-0.2, 0) is 6.42 Å². The first-order chi connectivity index (χ1) is 6.83. The summed E-state index contributed by atoms with van der Waals surface area (Å²) in [6.45, 7) is 0.616. The quantitative estimate of drug-likeness (QED) is 0.807. The summed E-state index contributed by atoms with van der Waals surface area (Å²) in [5.74, 6) is 0. The topological polar surface area (TPSA) is 62.7 Å². The fourth-order valence-corrected chi connectivity index (χ4v) is 2.29. The van der Waals surface area contributed by atoms with Gasteiger partial charge in [0, 0.05) is 6.42 Å². The maximum Gasteiger partial charge on any atom is 0.0992 e. The number of nitriles is 1. The summed E-state index contributed by atoms with van der Waals surface area (Å²) in [5.41, 5.74) is 7.09. The van der Waals surface area contributed by atoms with Gasteiger partial charge in [-0.3, -0.25) is 0 Å². The molecule has 1 aromatic heterocycles. The molecule has 0 unspecified atom stereocenters. The lowest BCUT2D eigenvalue weighted by Gasteiger charge is -1.86. The average Bonchev–Trinajstić information content (AvgIpc) is 2.59. The maximum absolute atomic E-state index is 8.72. The van der Waals surface area contributed by atoms with E-state index in [2.05, 4.69) is 11.1 Å². The van der Waals surface area contributed by atoms with Gasteiger partial charge in [0.1, 0.15) is 0 Å². The summed E-state index contributed by atoms with van der Waals surface area (Å²) in [5, 5.41) is 9.76. The van der Waals surface area contributed by atoms with E-state index in [-0.39, 0.29) is 0 Å². The molecule has 1 aromatic carbocycles. The van der Waals surface area contributed by atoms with Gasteiger partial charge in [0.05, 0.1) is 26.9 Å². The molecule has 0 saturated heterocycles. The van der Waals surface area contributed by atoms with Gasteiger partial charge in [-0.15, -0.1) is 11.3 Å². The lowest BCUT2D eigenvalue weighted by Crippen LogP contribution is -2.01. The highest BCUT2D eigenvalue weighted by molar-refractivity contribution is 7.18. The zero-order chi connectivity index (χ0) is 9.97. The Morgan fingerprint density at radius 1 is 1.50 bits per heavy atom. The van der Waals surface area contributed by atoms with Crippen LogP contribution >= 0.6 is 11.3 Å². The van der Waals surface area contributed by atoms with Gasteiger partial charge in [0.2, 0.25) is 0 Å². The third-order valence-electron chi connectivity index (χ3n) is 1.92. The molecule has 1 heterocycles. The molecule has 0 atom stereocenters. The number of thiazole rings is 1. The minimum Gasteiger partial charge on any atom is -0.330 e. The smallest absolute Gasteiger partial charge is 0.0992 e. The van der Waals surface area contributed by atoms with Crippen molar-refractivity contribution in [3.05, 3.63) is 28.8 Å². The lowest BCUT2D eigenvalue weighted by atomic mass is 10.2. The second-order valence-corrected chi connectivity index (χ2v) is 4.06. The Labute approximate surface area is 85.8 Å². The Balaban J connectivity index is 2.50. The zero-order valence-corrected chi connectivity index (χ0v) is 8.34. The number of aromatic nitrogens is 1. The molecule has 4 heteroatoms. The number of rotatable bonds is 2. The Hall–Kier alpha value is -1.44. The van der Waals surface area contributed by atoms with Gasteiger partial charge in [0.25, 0.3) is 0 Å². The highest BCUT2D eigenvalue weighted by atomic mass is 32.1. The maximum atomic E-state index is 8.72. The first-order valence-corrected chi connectivity index (χ1v) is 5.15. The largest absolute Gasteiger partial charge is 0.330 e. The van der Waals surface area contributed by atoms with E-state index in [1.807, 2.05) is 12.1 Å². The lowest BCUT2D eigenvalue weighted by molar-refractivity contribution is 0.958. The van der Waals surface area contributed by atoms with Crippen LogP contribution in [0.15, 0.2) is 18.2 Å². The predicted octanol–water partition coefficient (Wildman–Crippen LogP) is 1.67. The average molecular weight is 203 g/mol. The number of benzene rings is 1. The fourth-order valence-electron chi connectivity index (χ4n) is 1.27. The van der Waals surface area contributed by atoms with Gasteiger partial charge in [-0.05, 0) is 24.7 Å². The minimum atomic E-state index is 0.616.